The van der Waals surface area contributed by atoms with E-state index in [2.05, 4.69) is 4.72 Å². The topological polar surface area (TPSA) is 64.6 Å². The number of hydrogen-bond donors (Lipinski definition) is 1. The third-order valence-electron chi connectivity index (χ3n) is 3.30. The van der Waals surface area contributed by atoms with Gasteiger partial charge in [-0.1, -0.05) is 6.07 Å². The molecule has 0 aromatic heterocycles. The predicted molar refractivity (Wildman–Crippen MR) is 84.8 cm³/mol. The highest BCUT2D eigenvalue weighted by Gasteiger charge is 2.14. The van der Waals surface area contributed by atoms with Gasteiger partial charge >= 0.3 is 0 Å². The van der Waals surface area contributed by atoms with E-state index < -0.39 is 15.8 Å². The second kappa shape index (κ2) is 7.43. The summed E-state index contributed by atoms with van der Waals surface area (Å²) in [5.74, 6) is 0.815. The van der Waals surface area contributed by atoms with E-state index in [1.165, 1.54) is 12.1 Å². The summed E-state index contributed by atoms with van der Waals surface area (Å²) in [6.07, 6.45) is 0.452. The summed E-state index contributed by atoms with van der Waals surface area (Å²) in [5.41, 5.74) is 0.857. The van der Waals surface area contributed by atoms with E-state index in [4.69, 9.17) is 9.47 Å². The van der Waals surface area contributed by atoms with E-state index in [1.807, 2.05) is 6.07 Å². The summed E-state index contributed by atoms with van der Waals surface area (Å²) in [4.78, 5) is 0.0283. The van der Waals surface area contributed by atoms with Crippen LogP contribution in [0, 0.1) is 5.82 Å². The number of rotatable bonds is 7. The maximum absolute atomic E-state index is 12.9. The molecule has 0 heterocycles. The molecule has 0 fully saturated rings. The molecule has 0 atom stereocenters. The van der Waals surface area contributed by atoms with Crippen LogP contribution in [0.2, 0.25) is 0 Å². The average molecular weight is 339 g/mol. The molecule has 5 nitrogen and oxygen atoms in total. The molecule has 2 rings (SSSR count). The Morgan fingerprint density at radius 1 is 1.04 bits per heavy atom. The highest BCUT2D eigenvalue weighted by molar-refractivity contribution is 7.89. The van der Waals surface area contributed by atoms with E-state index in [-0.39, 0.29) is 11.4 Å². The number of sulfonamides is 1. The number of benzene rings is 2. The SMILES string of the molecule is COc1ccc(CCNS(=O)(=O)c2ccc(F)cc2)c(OC)c1. The van der Waals surface area contributed by atoms with Crippen molar-refractivity contribution in [3.05, 3.63) is 53.8 Å². The van der Waals surface area contributed by atoms with E-state index in [0.717, 1.165) is 17.7 Å². The second-order valence-corrected chi connectivity index (χ2v) is 6.55. The Kier molecular flexibility index (Phi) is 5.57. The standard InChI is InChI=1S/C16H18FNO4S/c1-21-14-6-3-12(16(11-14)22-2)9-10-18-23(19,20)15-7-4-13(17)5-8-15/h3-8,11,18H,9-10H2,1-2H3. The van der Waals surface area contributed by atoms with Gasteiger partial charge in [-0.3, -0.25) is 0 Å². The summed E-state index contributed by atoms with van der Waals surface area (Å²) >= 11 is 0. The van der Waals surface area contributed by atoms with Crippen LogP contribution in [0.1, 0.15) is 5.56 Å². The van der Waals surface area contributed by atoms with E-state index in [0.29, 0.717) is 17.9 Å². The summed E-state index contributed by atoms with van der Waals surface area (Å²) in [6.45, 7) is 0.197. The molecule has 0 aliphatic carbocycles. The van der Waals surface area contributed by atoms with Gasteiger partial charge < -0.3 is 9.47 Å². The van der Waals surface area contributed by atoms with Crippen LogP contribution in [-0.2, 0) is 16.4 Å². The van der Waals surface area contributed by atoms with Crippen molar-refractivity contribution in [1.29, 1.82) is 0 Å². The minimum atomic E-state index is -3.66. The molecule has 0 aliphatic rings. The van der Waals surface area contributed by atoms with Crippen LogP contribution in [-0.4, -0.2) is 29.2 Å². The average Bonchev–Trinajstić information content (AvgIpc) is 2.55. The van der Waals surface area contributed by atoms with Gasteiger partial charge in [-0.2, -0.15) is 0 Å². The third-order valence-corrected chi connectivity index (χ3v) is 4.78. The van der Waals surface area contributed by atoms with Gasteiger partial charge in [-0.15, -0.1) is 0 Å². The Bertz CT molecular complexity index is 760. The summed E-state index contributed by atoms with van der Waals surface area (Å²) in [7, 11) is -0.558. The molecule has 23 heavy (non-hydrogen) atoms. The van der Waals surface area contributed by atoms with E-state index >= 15 is 0 Å². The molecule has 124 valence electrons. The minimum Gasteiger partial charge on any atom is -0.497 e. The van der Waals surface area contributed by atoms with Crippen molar-refractivity contribution in [2.24, 2.45) is 0 Å². The number of ether oxygens (including phenoxy) is 2. The predicted octanol–water partition coefficient (Wildman–Crippen LogP) is 2.36. The molecule has 0 saturated carbocycles. The Labute approximate surface area is 135 Å². The highest BCUT2D eigenvalue weighted by Crippen LogP contribution is 2.24. The molecule has 0 spiro atoms. The van der Waals surface area contributed by atoms with Crippen LogP contribution in [0.4, 0.5) is 4.39 Å². The van der Waals surface area contributed by atoms with Gasteiger partial charge in [0.25, 0.3) is 0 Å². The first kappa shape index (κ1) is 17.2. The van der Waals surface area contributed by atoms with Gasteiger partial charge in [0.2, 0.25) is 10.0 Å². The monoisotopic (exact) mass is 339 g/mol. The Morgan fingerprint density at radius 3 is 2.35 bits per heavy atom. The van der Waals surface area contributed by atoms with Gasteiger partial charge in [0.1, 0.15) is 17.3 Å². The van der Waals surface area contributed by atoms with E-state index in [1.54, 1.807) is 26.4 Å². The minimum absolute atomic E-state index is 0.0283. The highest BCUT2D eigenvalue weighted by atomic mass is 32.2. The first-order valence-electron chi connectivity index (χ1n) is 6.92. The maximum Gasteiger partial charge on any atom is 0.240 e. The number of nitrogens with one attached hydrogen (secondary N) is 1. The van der Waals surface area contributed by atoms with Crippen molar-refractivity contribution in [3.63, 3.8) is 0 Å². The quantitative estimate of drug-likeness (QED) is 0.841. The molecule has 0 amide bonds. The van der Waals surface area contributed by atoms with Crippen LogP contribution >= 0.6 is 0 Å². The van der Waals surface area contributed by atoms with Crippen LogP contribution < -0.4 is 14.2 Å². The molecule has 0 unspecified atom stereocenters. The summed E-state index contributed by atoms with van der Waals surface area (Å²) in [5, 5.41) is 0. The zero-order valence-electron chi connectivity index (χ0n) is 12.9. The van der Waals surface area contributed by atoms with Crippen LogP contribution in [0.3, 0.4) is 0 Å². The molecule has 7 heteroatoms. The lowest BCUT2D eigenvalue weighted by molar-refractivity contribution is 0.391. The van der Waals surface area contributed by atoms with Gasteiger partial charge in [0, 0.05) is 12.6 Å². The maximum atomic E-state index is 12.9. The third kappa shape index (κ3) is 4.43. The van der Waals surface area contributed by atoms with Gasteiger partial charge in [-0.05, 0) is 42.3 Å². The fourth-order valence-corrected chi connectivity index (χ4v) is 3.11. The fourth-order valence-electron chi connectivity index (χ4n) is 2.08. The number of hydrogen-bond acceptors (Lipinski definition) is 4. The van der Waals surface area contributed by atoms with Crippen LogP contribution in [0.15, 0.2) is 47.4 Å². The van der Waals surface area contributed by atoms with Crippen molar-refractivity contribution >= 4 is 10.0 Å². The molecule has 0 radical (unpaired) electrons. The van der Waals surface area contributed by atoms with Crippen molar-refractivity contribution in [2.75, 3.05) is 20.8 Å². The second-order valence-electron chi connectivity index (χ2n) is 4.78. The lowest BCUT2D eigenvalue weighted by atomic mass is 10.1. The largest absolute Gasteiger partial charge is 0.497 e. The molecule has 1 N–H and O–H groups in total. The molecule has 2 aromatic carbocycles. The zero-order chi connectivity index (χ0) is 16.9. The van der Waals surface area contributed by atoms with Crippen LogP contribution in [0.25, 0.3) is 0 Å². The van der Waals surface area contributed by atoms with Gasteiger partial charge in [0.15, 0.2) is 0 Å². The smallest absolute Gasteiger partial charge is 0.240 e. The molecule has 0 aliphatic heterocycles. The molecular weight excluding hydrogens is 321 g/mol. The van der Waals surface area contributed by atoms with Crippen molar-refractivity contribution in [1.82, 2.24) is 4.72 Å². The van der Waals surface area contributed by atoms with Crippen molar-refractivity contribution in [3.8, 4) is 11.5 Å². The summed E-state index contributed by atoms with van der Waals surface area (Å²) in [6, 6.07) is 10.0. The fraction of sp³-hybridized carbons (Fsp3) is 0.250. The molecule has 0 saturated heterocycles. The molecule has 0 bridgehead atoms. The first-order valence-corrected chi connectivity index (χ1v) is 8.40. The van der Waals surface area contributed by atoms with Gasteiger partial charge in [0.05, 0.1) is 19.1 Å². The number of methoxy groups -OCH3 is 2. The van der Waals surface area contributed by atoms with E-state index in [9.17, 15) is 12.8 Å². The Morgan fingerprint density at radius 2 is 1.74 bits per heavy atom. The Balaban J connectivity index is 2.03. The molecule has 2 aromatic rings. The lowest BCUT2D eigenvalue weighted by Gasteiger charge is -2.11. The zero-order valence-corrected chi connectivity index (χ0v) is 13.7. The molecular formula is C16H18FNO4S. The van der Waals surface area contributed by atoms with Crippen molar-refractivity contribution < 1.29 is 22.3 Å². The lowest BCUT2D eigenvalue weighted by Crippen LogP contribution is -2.26. The van der Waals surface area contributed by atoms with Crippen LogP contribution in [0.5, 0.6) is 11.5 Å². The Hall–Kier alpha value is -2.12. The summed E-state index contributed by atoms with van der Waals surface area (Å²) < 4.78 is 49.9. The van der Waals surface area contributed by atoms with Gasteiger partial charge in [-0.25, -0.2) is 17.5 Å². The number of halogens is 1. The first-order chi connectivity index (χ1) is 11.0. The normalized spacial score (nSPS) is 11.3. The van der Waals surface area contributed by atoms with Crippen molar-refractivity contribution in [2.45, 2.75) is 11.3 Å².